The molecule has 1 aromatic heterocycles. The summed E-state index contributed by atoms with van der Waals surface area (Å²) < 4.78 is 16.0. The molecule has 5 heteroatoms. The standard InChI is InChI=1S/C38H28BNO2S/c1-36(2)37(3,4)42-39(41-36)31-20-30-33(34-25-13-7-10-16-32(25)43-35(31)34)24-12-6-9-15-28(24)38(30)27-14-8-5-11-23(27)26-19-22(21-40)17-18-29(26)38/h5-20H,1-4H3. The van der Waals surface area contributed by atoms with E-state index in [-0.39, 0.29) is 0 Å². The Morgan fingerprint density at radius 2 is 1.30 bits per heavy atom. The van der Waals surface area contributed by atoms with Crippen molar-refractivity contribution in [2.75, 3.05) is 0 Å². The monoisotopic (exact) mass is 573 g/mol. The summed E-state index contributed by atoms with van der Waals surface area (Å²) in [7, 11) is -0.497. The minimum Gasteiger partial charge on any atom is -0.399 e. The van der Waals surface area contributed by atoms with Crippen LogP contribution in [0.4, 0.5) is 0 Å². The Hall–Kier alpha value is -4.21. The fraction of sp³-hybridized carbons (Fsp3) is 0.184. The van der Waals surface area contributed by atoms with Gasteiger partial charge in [0, 0.05) is 25.6 Å². The molecule has 1 saturated heterocycles. The number of nitrogens with zero attached hydrogens (tertiary/aromatic N) is 1. The van der Waals surface area contributed by atoms with Gasteiger partial charge in [-0.2, -0.15) is 5.26 Å². The maximum absolute atomic E-state index is 9.85. The zero-order chi connectivity index (χ0) is 29.3. The van der Waals surface area contributed by atoms with Crippen LogP contribution in [-0.4, -0.2) is 18.3 Å². The number of nitriles is 1. The van der Waals surface area contributed by atoms with Crippen molar-refractivity contribution >= 4 is 44.1 Å². The van der Waals surface area contributed by atoms with Crippen molar-refractivity contribution in [3.8, 4) is 28.3 Å². The van der Waals surface area contributed by atoms with E-state index >= 15 is 0 Å². The highest BCUT2D eigenvalue weighted by Gasteiger charge is 2.55. The van der Waals surface area contributed by atoms with Gasteiger partial charge in [-0.05, 0) is 90.4 Å². The molecule has 3 nitrogen and oxygen atoms in total. The highest BCUT2D eigenvalue weighted by Crippen LogP contribution is 2.64. The third kappa shape index (κ3) is 3.01. The van der Waals surface area contributed by atoms with Gasteiger partial charge in [0.05, 0.1) is 28.2 Å². The molecule has 9 rings (SSSR count). The fourth-order valence-corrected chi connectivity index (χ4v) is 8.99. The molecule has 1 aliphatic heterocycles. The number of thiophene rings is 1. The average Bonchev–Trinajstić information content (AvgIpc) is 3.69. The Bertz CT molecular complexity index is 2220. The molecule has 0 radical (unpaired) electrons. The van der Waals surface area contributed by atoms with E-state index in [9.17, 15) is 5.26 Å². The fourth-order valence-electron chi connectivity index (χ4n) is 7.75. The van der Waals surface area contributed by atoms with Crippen LogP contribution in [0.3, 0.4) is 0 Å². The molecule has 2 aliphatic carbocycles. The molecule has 3 aliphatic rings. The van der Waals surface area contributed by atoms with E-state index in [4.69, 9.17) is 9.31 Å². The van der Waals surface area contributed by atoms with Crippen LogP contribution in [-0.2, 0) is 14.7 Å². The van der Waals surface area contributed by atoms with Crippen LogP contribution in [0.1, 0.15) is 55.5 Å². The highest BCUT2D eigenvalue weighted by atomic mass is 32.1. The van der Waals surface area contributed by atoms with Crippen LogP contribution in [0.5, 0.6) is 0 Å². The number of benzene rings is 5. The zero-order valence-corrected chi connectivity index (χ0v) is 25.3. The zero-order valence-electron chi connectivity index (χ0n) is 24.5. The third-order valence-corrected chi connectivity index (χ3v) is 11.6. The van der Waals surface area contributed by atoms with Gasteiger partial charge >= 0.3 is 7.12 Å². The Morgan fingerprint density at radius 3 is 2.05 bits per heavy atom. The lowest BCUT2D eigenvalue weighted by Crippen LogP contribution is -2.41. The lowest BCUT2D eigenvalue weighted by molar-refractivity contribution is 0.00578. The summed E-state index contributed by atoms with van der Waals surface area (Å²) in [5.74, 6) is 0. The normalized spacial score (nSPS) is 20.3. The van der Waals surface area contributed by atoms with E-state index in [1.54, 1.807) is 0 Å². The van der Waals surface area contributed by atoms with Crippen molar-refractivity contribution in [3.63, 3.8) is 0 Å². The van der Waals surface area contributed by atoms with E-state index in [2.05, 4.69) is 125 Å². The van der Waals surface area contributed by atoms with Crippen molar-refractivity contribution in [1.29, 1.82) is 5.26 Å². The van der Waals surface area contributed by atoms with Crippen LogP contribution in [0, 0.1) is 11.3 Å². The quantitative estimate of drug-likeness (QED) is 0.185. The molecule has 0 bridgehead atoms. The summed E-state index contributed by atoms with van der Waals surface area (Å²) in [6.07, 6.45) is 0. The van der Waals surface area contributed by atoms with Crippen LogP contribution in [0.2, 0.25) is 0 Å². The molecule has 0 amide bonds. The third-order valence-electron chi connectivity index (χ3n) is 10.4. The van der Waals surface area contributed by atoms with Crippen molar-refractivity contribution < 1.29 is 9.31 Å². The van der Waals surface area contributed by atoms with Gasteiger partial charge in [0.1, 0.15) is 0 Å². The topological polar surface area (TPSA) is 42.2 Å². The first-order chi connectivity index (χ1) is 20.8. The molecule has 206 valence electrons. The Morgan fingerprint density at radius 1 is 0.674 bits per heavy atom. The van der Waals surface area contributed by atoms with E-state index in [1.165, 1.54) is 59.1 Å². The van der Waals surface area contributed by atoms with Gasteiger partial charge in [0.25, 0.3) is 0 Å². The smallest absolute Gasteiger partial charge is 0.399 e. The van der Waals surface area contributed by atoms with Crippen molar-refractivity contribution in [1.82, 2.24) is 0 Å². The summed E-state index contributed by atoms with van der Waals surface area (Å²) in [6, 6.07) is 37.4. The van der Waals surface area contributed by atoms with Gasteiger partial charge in [0.2, 0.25) is 0 Å². The number of rotatable bonds is 1. The van der Waals surface area contributed by atoms with E-state index in [1.807, 2.05) is 17.4 Å². The van der Waals surface area contributed by atoms with Gasteiger partial charge in [-0.1, -0.05) is 78.9 Å². The first-order valence-electron chi connectivity index (χ1n) is 14.8. The van der Waals surface area contributed by atoms with Gasteiger partial charge < -0.3 is 9.31 Å². The van der Waals surface area contributed by atoms with Crippen LogP contribution < -0.4 is 5.46 Å². The molecule has 43 heavy (non-hydrogen) atoms. The Kier molecular flexibility index (Phi) is 4.85. The number of hydrogen-bond acceptors (Lipinski definition) is 4. The summed E-state index contributed by atoms with van der Waals surface area (Å²) in [5.41, 5.74) is 10.2. The Labute approximate surface area is 255 Å². The predicted molar refractivity (Wildman–Crippen MR) is 176 cm³/mol. The van der Waals surface area contributed by atoms with Crippen LogP contribution >= 0.6 is 11.3 Å². The van der Waals surface area contributed by atoms with Gasteiger partial charge in [0.15, 0.2) is 0 Å². The second kappa shape index (κ2) is 8.24. The molecule has 1 atom stereocenters. The molecule has 0 N–H and O–H groups in total. The molecule has 6 aromatic rings. The van der Waals surface area contributed by atoms with Crippen molar-refractivity contribution in [3.05, 3.63) is 125 Å². The van der Waals surface area contributed by atoms with Crippen molar-refractivity contribution in [2.45, 2.75) is 44.3 Å². The summed E-state index contributed by atoms with van der Waals surface area (Å²) in [4.78, 5) is 0. The van der Waals surface area contributed by atoms with E-state index in [0.717, 1.165) is 11.0 Å². The first kappa shape index (κ1) is 25.3. The minimum atomic E-state index is -0.526. The number of fused-ring (bicyclic) bond motifs is 14. The van der Waals surface area contributed by atoms with E-state index < -0.39 is 23.7 Å². The van der Waals surface area contributed by atoms with Crippen LogP contribution in [0.25, 0.3) is 42.4 Å². The summed E-state index contributed by atoms with van der Waals surface area (Å²) in [5, 5.41) is 12.4. The molecule has 1 unspecified atom stereocenters. The molecule has 0 saturated carbocycles. The van der Waals surface area contributed by atoms with E-state index in [0.29, 0.717) is 5.56 Å². The predicted octanol–water partition coefficient (Wildman–Crippen LogP) is 8.57. The largest absolute Gasteiger partial charge is 0.496 e. The molecule has 1 spiro atoms. The molecule has 5 aromatic carbocycles. The number of hydrogen-bond donors (Lipinski definition) is 0. The lowest BCUT2D eigenvalue weighted by atomic mass is 9.68. The SMILES string of the molecule is CC1(C)OB(c2cc3c(c4c2sc2ccccc24)-c2ccccc2C32c3ccccc3-c3cc(C#N)ccc32)OC1(C)C. The van der Waals surface area contributed by atoms with Crippen molar-refractivity contribution in [2.24, 2.45) is 0 Å². The lowest BCUT2D eigenvalue weighted by Gasteiger charge is -2.32. The first-order valence-corrected chi connectivity index (χ1v) is 15.7. The second-order valence-corrected chi connectivity index (χ2v) is 14.0. The maximum Gasteiger partial charge on any atom is 0.496 e. The molecular formula is C38H28BNO2S. The summed E-state index contributed by atoms with van der Waals surface area (Å²) in [6.45, 7) is 8.48. The molecule has 1 fully saturated rings. The summed E-state index contributed by atoms with van der Waals surface area (Å²) >= 11 is 1.83. The maximum atomic E-state index is 9.85. The average molecular weight is 574 g/mol. The second-order valence-electron chi connectivity index (χ2n) is 13.0. The van der Waals surface area contributed by atoms with Gasteiger partial charge in [-0.3, -0.25) is 0 Å². The minimum absolute atomic E-state index is 0.458. The molecule has 2 heterocycles. The highest BCUT2D eigenvalue weighted by molar-refractivity contribution is 7.27. The Balaban J connectivity index is 1.48. The van der Waals surface area contributed by atoms with Gasteiger partial charge in [-0.15, -0.1) is 11.3 Å². The molecular weight excluding hydrogens is 545 g/mol. The van der Waals surface area contributed by atoms with Gasteiger partial charge in [-0.25, -0.2) is 0 Å². The van der Waals surface area contributed by atoms with Crippen LogP contribution in [0.15, 0.2) is 97.1 Å².